The molecular weight excluding hydrogens is 473 g/mol. The maximum absolute atomic E-state index is 13.6. The van der Waals surface area contributed by atoms with Gasteiger partial charge in [-0.2, -0.15) is 0 Å². The van der Waals surface area contributed by atoms with Crippen LogP contribution in [0.1, 0.15) is 36.2 Å². The molecular formula is C26H25Cl2N3O3. The Morgan fingerprint density at radius 1 is 1.06 bits per heavy atom. The van der Waals surface area contributed by atoms with E-state index in [9.17, 15) is 14.4 Å². The molecule has 0 fully saturated rings. The minimum absolute atomic E-state index is 0.148. The Morgan fingerprint density at radius 3 is 2.50 bits per heavy atom. The van der Waals surface area contributed by atoms with Gasteiger partial charge in [-0.1, -0.05) is 60.5 Å². The number of hydrogen-bond acceptors (Lipinski definition) is 3. The summed E-state index contributed by atoms with van der Waals surface area (Å²) in [7, 11) is 0. The van der Waals surface area contributed by atoms with Gasteiger partial charge in [-0.05, 0) is 48.6 Å². The average molecular weight is 498 g/mol. The van der Waals surface area contributed by atoms with Gasteiger partial charge in [0, 0.05) is 24.0 Å². The van der Waals surface area contributed by atoms with Crippen LogP contribution in [-0.4, -0.2) is 41.8 Å². The van der Waals surface area contributed by atoms with Crippen LogP contribution in [0.25, 0.3) is 10.8 Å². The fourth-order valence-corrected chi connectivity index (χ4v) is 4.50. The van der Waals surface area contributed by atoms with Gasteiger partial charge in [-0.3, -0.25) is 19.3 Å². The Balaban J connectivity index is 1.62. The first kappa shape index (κ1) is 24.0. The maximum Gasteiger partial charge on any atom is 0.259 e. The Hall–Kier alpha value is -3.09. The molecule has 176 valence electrons. The lowest BCUT2D eigenvalue weighted by Crippen LogP contribution is -2.51. The number of halogens is 2. The second-order valence-electron chi connectivity index (χ2n) is 8.31. The molecule has 1 aliphatic heterocycles. The number of anilines is 1. The molecule has 3 amide bonds. The number of benzene rings is 3. The zero-order valence-electron chi connectivity index (χ0n) is 19.0. The van der Waals surface area contributed by atoms with Crippen molar-refractivity contribution in [3.8, 4) is 0 Å². The molecule has 1 N–H and O–H groups in total. The van der Waals surface area contributed by atoms with Crippen LogP contribution < -0.4 is 10.2 Å². The van der Waals surface area contributed by atoms with Gasteiger partial charge in [-0.15, -0.1) is 0 Å². The van der Waals surface area contributed by atoms with Gasteiger partial charge in [0.05, 0.1) is 15.7 Å². The molecule has 0 unspecified atom stereocenters. The van der Waals surface area contributed by atoms with Crippen molar-refractivity contribution in [2.24, 2.45) is 0 Å². The molecule has 1 aliphatic rings. The summed E-state index contributed by atoms with van der Waals surface area (Å²) in [5, 5.41) is 5.40. The minimum atomic E-state index is -0.746. The topological polar surface area (TPSA) is 69.7 Å². The van der Waals surface area contributed by atoms with E-state index >= 15 is 0 Å². The van der Waals surface area contributed by atoms with E-state index in [0.717, 1.165) is 22.8 Å². The summed E-state index contributed by atoms with van der Waals surface area (Å²) in [6.45, 7) is 4.12. The molecule has 0 spiro atoms. The first-order chi connectivity index (χ1) is 16.3. The van der Waals surface area contributed by atoms with E-state index in [1.807, 2.05) is 37.3 Å². The molecule has 1 heterocycles. The summed E-state index contributed by atoms with van der Waals surface area (Å²) in [4.78, 5) is 42.5. The third-order valence-corrected chi connectivity index (χ3v) is 6.73. The minimum Gasteiger partial charge on any atom is -0.354 e. The van der Waals surface area contributed by atoms with Crippen molar-refractivity contribution in [2.75, 3.05) is 18.0 Å². The highest BCUT2D eigenvalue weighted by atomic mass is 35.5. The Kier molecular flexibility index (Phi) is 7.10. The largest absolute Gasteiger partial charge is 0.354 e. The highest BCUT2D eigenvalue weighted by Crippen LogP contribution is 2.37. The highest BCUT2D eigenvalue weighted by molar-refractivity contribution is 6.42. The highest BCUT2D eigenvalue weighted by Gasteiger charge is 2.34. The molecule has 3 aromatic rings. The van der Waals surface area contributed by atoms with E-state index in [1.165, 1.54) is 9.80 Å². The predicted octanol–water partition coefficient (Wildman–Crippen LogP) is 5.05. The van der Waals surface area contributed by atoms with Crippen LogP contribution in [0.2, 0.25) is 10.0 Å². The molecule has 1 atom stereocenters. The van der Waals surface area contributed by atoms with Crippen molar-refractivity contribution in [3.63, 3.8) is 0 Å². The summed E-state index contributed by atoms with van der Waals surface area (Å²) in [5.74, 6) is -0.825. The normalized spacial score (nSPS) is 13.3. The SMILES string of the molecule is CCCNC(=O)[C@@H](C)N(Cc1ccc(Cl)c(Cl)c1)C(=O)CN1C(=O)c2cccc3cccc1c23. The summed E-state index contributed by atoms with van der Waals surface area (Å²) in [6, 6.07) is 15.6. The molecule has 0 saturated heterocycles. The van der Waals surface area contributed by atoms with Gasteiger partial charge in [0.25, 0.3) is 5.91 Å². The predicted molar refractivity (Wildman–Crippen MR) is 135 cm³/mol. The summed E-state index contributed by atoms with van der Waals surface area (Å²) >= 11 is 12.2. The number of nitrogens with zero attached hydrogens (tertiary/aromatic N) is 2. The number of rotatable bonds is 8. The van der Waals surface area contributed by atoms with E-state index in [-0.39, 0.29) is 30.8 Å². The first-order valence-corrected chi connectivity index (χ1v) is 11.9. The molecule has 0 aromatic heterocycles. The zero-order chi connectivity index (χ0) is 24.4. The number of carbonyl (C=O) groups is 3. The van der Waals surface area contributed by atoms with Crippen molar-refractivity contribution in [3.05, 3.63) is 75.8 Å². The molecule has 0 bridgehead atoms. The molecule has 3 aromatic carbocycles. The second kappa shape index (κ2) is 10.0. The molecule has 0 saturated carbocycles. The monoisotopic (exact) mass is 497 g/mol. The molecule has 4 rings (SSSR count). The fourth-order valence-electron chi connectivity index (χ4n) is 4.18. The van der Waals surface area contributed by atoms with Crippen molar-refractivity contribution < 1.29 is 14.4 Å². The molecule has 0 radical (unpaired) electrons. The van der Waals surface area contributed by atoms with E-state index in [2.05, 4.69) is 5.32 Å². The van der Waals surface area contributed by atoms with Crippen LogP contribution in [0.3, 0.4) is 0 Å². The summed E-state index contributed by atoms with van der Waals surface area (Å²) in [6.07, 6.45) is 0.781. The smallest absolute Gasteiger partial charge is 0.259 e. The van der Waals surface area contributed by atoms with Crippen LogP contribution in [0, 0.1) is 0 Å². The van der Waals surface area contributed by atoms with Crippen LogP contribution >= 0.6 is 23.2 Å². The average Bonchev–Trinajstić information content (AvgIpc) is 3.10. The Morgan fingerprint density at radius 2 is 1.79 bits per heavy atom. The van der Waals surface area contributed by atoms with Crippen molar-refractivity contribution in [1.29, 1.82) is 0 Å². The number of nitrogens with one attached hydrogen (secondary N) is 1. The fraction of sp³-hybridized carbons (Fsp3) is 0.269. The Bertz CT molecular complexity index is 1270. The van der Waals surface area contributed by atoms with Gasteiger partial charge < -0.3 is 10.2 Å². The van der Waals surface area contributed by atoms with E-state index < -0.39 is 6.04 Å². The standard InChI is InChI=1S/C26H25Cl2N3O3/c1-3-12-29-25(33)16(2)30(14-17-10-11-20(27)21(28)13-17)23(32)15-31-22-9-5-7-18-6-4-8-19(24(18)22)26(31)34/h4-11,13,16H,3,12,14-15H2,1-2H3,(H,29,33)/t16-/m1/s1. The first-order valence-electron chi connectivity index (χ1n) is 11.2. The van der Waals surface area contributed by atoms with Crippen molar-refractivity contribution >= 4 is 57.4 Å². The van der Waals surface area contributed by atoms with Crippen LogP contribution in [0.15, 0.2) is 54.6 Å². The lowest BCUT2D eigenvalue weighted by molar-refractivity contribution is -0.139. The number of hydrogen-bond donors (Lipinski definition) is 1. The number of carbonyl (C=O) groups excluding carboxylic acids is 3. The maximum atomic E-state index is 13.6. The van der Waals surface area contributed by atoms with Crippen LogP contribution in [-0.2, 0) is 16.1 Å². The molecule has 6 nitrogen and oxygen atoms in total. The van der Waals surface area contributed by atoms with Crippen LogP contribution in [0.4, 0.5) is 5.69 Å². The van der Waals surface area contributed by atoms with E-state index in [1.54, 1.807) is 31.2 Å². The van der Waals surface area contributed by atoms with Gasteiger partial charge in [-0.25, -0.2) is 0 Å². The van der Waals surface area contributed by atoms with Gasteiger partial charge >= 0.3 is 0 Å². The number of amides is 3. The quantitative estimate of drug-likeness (QED) is 0.473. The van der Waals surface area contributed by atoms with Gasteiger partial charge in [0.1, 0.15) is 12.6 Å². The lowest BCUT2D eigenvalue weighted by Gasteiger charge is -2.30. The van der Waals surface area contributed by atoms with Crippen molar-refractivity contribution in [2.45, 2.75) is 32.9 Å². The van der Waals surface area contributed by atoms with Crippen molar-refractivity contribution in [1.82, 2.24) is 10.2 Å². The van der Waals surface area contributed by atoms with E-state index in [0.29, 0.717) is 27.8 Å². The molecule has 34 heavy (non-hydrogen) atoms. The Labute approximate surface area is 208 Å². The van der Waals surface area contributed by atoms with Gasteiger partial charge in [0.15, 0.2) is 0 Å². The zero-order valence-corrected chi connectivity index (χ0v) is 20.5. The summed E-state index contributed by atoms with van der Waals surface area (Å²) in [5.41, 5.74) is 2.01. The second-order valence-corrected chi connectivity index (χ2v) is 9.12. The summed E-state index contributed by atoms with van der Waals surface area (Å²) < 4.78 is 0. The molecule has 8 heteroatoms. The van der Waals surface area contributed by atoms with E-state index in [4.69, 9.17) is 23.2 Å². The molecule has 0 aliphatic carbocycles. The lowest BCUT2D eigenvalue weighted by atomic mass is 10.1. The van der Waals surface area contributed by atoms with Crippen LogP contribution in [0.5, 0.6) is 0 Å². The van der Waals surface area contributed by atoms with Gasteiger partial charge in [0.2, 0.25) is 11.8 Å². The third-order valence-electron chi connectivity index (χ3n) is 6.00. The third kappa shape index (κ3) is 4.61.